The number of rotatable bonds is 6. The molecule has 21 heavy (non-hydrogen) atoms. The Kier molecular flexibility index (Phi) is 4.66. The lowest BCUT2D eigenvalue weighted by Crippen LogP contribution is -2.48. The molecular weight excluding hydrogens is 256 g/mol. The average molecular weight is 286 g/mol. The molecule has 0 bridgehead atoms. The van der Waals surface area contributed by atoms with Crippen LogP contribution >= 0.6 is 0 Å². The van der Waals surface area contributed by atoms with E-state index >= 15 is 0 Å². The molecule has 1 saturated heterocycles. The van der Waals surface area contributed by atoms with E-state index in [0.29, 0.717) is 0 Å². The summed E-state index contributed by atoms with van der Waals surface area (Å²) in [4.78, 5) is 2.68. The zero-order chi connectivity index (χ0) is 14.7. The third-order valence-electron chi connectivity index (χ3n) is 5.28. The predicted molar refractivity (Wildman–Crippen MR) is 89.7 cm³/mol. The Morgan fingerprint density at radius 2 is 1.76 bits per heavy atom. The second kappa shape index (κ2) is 6.50. The molecule has 116 valence electrons. The Hall–Kier alpha value is -0.860. The van der Waals surface area contributed by atoms with E-state index in [0.717, 1.165) is 18.5 Å². The molecule has 1 saturated carbocycles. The van der Waals surface area contributed by atoms with Gasteiger partial charge in [-0.1, -0.05) is 44.2 Å². The Morgan fingerprint density at radius 1 is 1.10 bits per heavy atom. The molecule has 0 spiro atoms. The fourth-order valence-corrected chi connectivity index (χ4v) is 3.46. The molecule has 1 N–H and O–H groups in total. The number of likely N-dealkylation sites (tertiary alicyclic amines) is 1. The zero-order valence-electron chi connectivity index (χ0n) is 13.6. The minimum Gasteiger partial charge on any atom is -0.313 e. The van der Waals surface area contributed by atoms with Gasteiger partial charge >= 0.3 is 0 Å². The van der Waals surface area contributed by atoms with Crippen molar-refractivity contribution in [1.82, 2.24) is 10.2 Å². The smallest absolute Gasteiger partial charge is 0.0177 e. The first-order chi connectivity index (χ1) is 10.2. The first-order valence-electron chi connectivity index (χ1n) is 8.67. The quantitative estimate of drug-likeness (QED) is 0.862. The molecule has 0 amide bonds. The minimum atomic E-state index is 0.227. The maximum Gasteiger partial charge on any atom is 0.0177 e. The van der Waals surface area contributed by atoms with E-state index in [9.17, 15) is 0 Å². The van der Waals surface area contributed by atoms with Crippen molar-refractivity contribution in [2.45, 2.75) is 51.0 Å². The molecule has 1 atom stereocenters. The van der Waals surface area contributed by atoms with Crippen molar-refractivity contribution < 1.29 is 0 Å². The van der Waals surface area contributed by atoms with Gasteiger partial charge in [-0.3, -0.25) is 0 Å². The second-order valence-corrected chi connectivity index (χ2v) is 7.54. The highest BCUT2D eigenvalue weighted by atomic mass is 15.1. The van der Waals surface area contributed by atoms with Crippen LogP contribution in [0.5, 0.6) is 0 Å². The number of nitrogens with zero attached hydrogens (tertiary/aromatic N) is 1. The molecule has 0 radical (unpaired) electrons. The van der Waals surface area contributed by atoms with Gasteiger partial charge in [-0.2, -0.15) is 0 Å². The molecule has 1 aliphatic carbocycles. The summed E-state index contributed by atoms with van der Waals surface area (Å²) in [7, 11) is 0. The normalized spacial score (nSPS) is 23.9. The van der Waals surface area contributed by atoms with Crippen LogP contribution in [0.15, 0.2) is 30.3 Å². The van der Waals surface area contributed by atoms with Gasteiger partial charge in [0.15, 0.2) is 0 Å². The topological polar surface area (TPSA) is 15.3 Å². The van der Waals surface area contributed by atoms with E-state index < -0.39 is 0 Å². The molecule has 2 nitrogen and oxygen atoms in total. The first-order valence-corrected chi connectivity index (χ1v) is 8.67. The largest absolute Gasteiger partial charge is 0.313 e. The van der Waals surface area contributed by atoms with Crippen LogP contribution in [0.4, 0.5) is 0 Å². The first kappa shape index (κ1) is 15.1. The Balaban J connectivity index is 1.68. The van der Waals surface area contributed by atoms with Crippen molar-refractivity contribution in [2.75, 3.05) is 26.2 Å². The Bertz CT molecular complexity index is 432. The van der Waals surface area contributed by atoms with Crippen molar-refractivity contribution in [2.24, 2.45) is 5.92 Å². The number of nitrogens with one attached hydrogen (secondary N) is 1. The van der Waals surface area contributed by atoms with Crippen molar-refractivity contribution in [3.63, 3.8) is 0 Å². The van der Waals surface area contributed by atoms with E-state index in [2.05, 4.69) is 54.4 Å². The number of hydrogen-bond acceptors (Lipinski definition) is 2. The predicted octanol–water partition coefficient (Wildman–Crippen LogP) is 3.43. The van der Waals surface area contributed by atoms with Crippen LogP contribution in [0.3, 0.4) is 0 Å². The molecule has 1 aromatic rings. The summed E-state index contributed by atoms with van der Waals surface area (Å²) in [6.07, 6.45) is 5.46. The molecule has 2 fully saturated rings. The lowest BCUT2D eigenvalue weighted by atomic mass is 9.81. The SMILES string of the molecule is CC1CCN(CC(C)(CNC2CC2)c2ccccc2)CC1. The standard InChI is InChI=1S/C19H30N2/c1-16-10-12-21(13-11-16)15-19(2,14-20-18-8-9-18)17-6-4-3-5-7-17/h3-7,16,18,20H,8-15H2,1-2H3. The molecule has 1 heterocycles. The zero-order valence-corrected chi connectivity index (χ0v) is 13.6. The van der Waals surface area contributed by atoms with Crippen molar-refractivity contribution in [3.8, 4) is 0 Å². The van der Waals surface area contributed by atoms with Gasteiger partial charge in [0.05, 0.1) is 0 Å². The van der Waals surface area contributed by atoms with Gasteiger partial charge in [0.2, 0.25) is 0 Å². The van der Waals surface area contributed by atoms with Crippen LogP contribution in [-0.2, 0) is 5.41 Å². The van der Waals surface area contributed by atoms with Crippen LogP contribution < -0.4 is 5.32 Å². The van der Waals surface area contributed by atoms with Gasteiger partial charge in [-0.15, -0.1) is 0 Å². The highest BCUT2D eigenvalue weighted by Gasteiger charge is 2.32. The van der Waals surface area contributed by atoms with Crippen LogP contribution in [-0.4, -0.2) is 37.1 Å². The van der Waals surface area contributed by atoms with E-state index in [-0.39, 0.29) is 5.41 Å². The van der Waals surface area contributed by atoms with E-state index in [1.807, 2.05) is 0 Å². The molecule has 2 heteroatoms. The lowest BCUT2D eigenvalue weighted by molar-refractivity contribution is 0.155. The summed E-state index contributed by atoms with van der Waals surface area (Å²) in [6.45, 7) is 9.66. The van der Waals surface area contributed by atoms with Crippen LogP contribution in [0, 0.1) is 5.92 Å². The Labute approximate surface area is 129 Å². The van der Waals surface area contributed by atoms with Crippen molar-refractivity contribution in [3.05, 3.63) is 35.9 Å². The molecule has 1 unspecified atom stereocenters. The number of piperidine rings is 1. The fourth-order valence-electron chi connectivity index (χ4n) is 3.46. The van der Waals surface area contributed by atoms with E-state index in [4.69, 9.17) is 0 Å². The third kappa shape index (κ3) is 4.08. The fraction of sp³-hybridized carbons (Fsp3) is 0.684. The molecule has 0 aromatic heterocycles. The molecule has 1 aromatic carbocycles. The maximum atomic E-state index is 3.77. The van der Waals surface area contributed by atoms with Crippen LogP contribution in [0.25, 0.3) is 0 Å². The van der Waals surface area contributed by atoms with Gasteiger partial charge in [0.1, 0.15) is 0 Å². The van der Waals surface area contributed by atoms with Gasteiger partial charge in [0, 0.05) is 24.5 Å². The average Bonchev–Trinajstić information content (AvgIpc) is 3.33. The third-order valence-corrected chi connectivity index (χ3v) is 5.28. The summed E-state index contributed by atoms with van der Waals surface area (Å²) < 4.78 is 0. The minimum absolute atomic E-state index is 0.227. The van der Waals surface area contributed by atoms with Crippen LogP contribution in [0.1, 0.15) is 45.1 Å². The highest BCUT2D eigenvalue weighted by Crippen LogP contribution is 2.28. The van der Waals surface area contributed by atoms with Gasteiger partial charge in [-0.25, -0.2) is 0 Å². The molecular formula is C19H30N2. The van der Waals surface area contributed by atoms with Crippen molar-refractivity contribution >= 4 is 0 Å². The Morgan fingerprint density at radius 3 is 2.38 bits per heavy atom. The van der Waals surface area contributed by atoms with E-state index in [1.54, 1.807) is 0 Å². The summed E-state index contributed by atoms with van der Waals surface area (Å²) in [6, 6.07) is 11.9. The van der Waals surface area contributed by atoms with Crippen LogP contribution in [0.2, 0.25) is 0 Å². The van der Waals surface area contributed by atoms with E-state index in [1.165, 1.54) is 50.9 Å². The summed E-state index contributed by atoms with van der Waals surface area (Å²) in [5.74, 6) is 0.911. The van der Waals surface area contributed by atoms with Gasteiger partial charge < -0.3 is 10.2 Å². The molecule has 1 aliphatic heterocycles. The summed E-state index contributed by atoms with van der Waals surface area (Å²) >= 11 is 0. The monoisotopic (exact) mass is 286 g/mol. The second-order valence-electron chi connectivity index (χ2n) is 7.54. The molecule has 2 aliphatic rings. The maximum absolute atomic E-state index is 3.77. The van der Waals surface area contributed by atoms with Gasteiger partial charge in [0.25, 0.3) is 0 Å². The van der Waals surface area contributed by atoms with Gasteiger partial charge in [-0.05, 0) is 50.3 Å². The molecule has 3 rings (SSSR count). The highest BCUT2D eigenvalue weighted by molar-refractivity contribution is 5.26. The number of hydrogen-bond donors (Lipinski definition) is 1. The lowest BCUT2D eigenvalue weighted by Gasteiger charge is -2.39. The summed E-state index contributed by atoms with van der Waals surface area (Å²) in [5, 5.41) is 3.77. The summed E-state index contributed by atoms with van der Waals surface area (Å²) in [5.41, 5.74) is 1.71. The van der Waals surface area contributed by atoms with Crippen molar-refractivity contribution in [1.29, 1.82) is 0 Å². The number of benzene rings is 1.